The summed E-state index contributed by atoms with van der Waals surface area (Å²) in [6.07, 6.45) is 0. The third-order valence-electron chi connectivity index (χ3n) is 3.59. The predicted octanol–water partition coefficient (Wildman–Crippen LogP) is 2.74. The number of carbonyl (C=O) groups is 1. The number of nitrogens with two attached hydrogens (primary N) is 1. The van der Waals surface area contributed by atoms with Crippen LogP contribution in [0.15, 0.2) is 46.9 Å². The Morgan fingerprint density at radius 1 is 1.24 bits per heavy atom. The molecule has 1 aliphatic heterocycles. The second kappa shape index (κ2) is 6.68. The van der Waals surface area contributed by atoms with Crippen molar-refractivity contribution in [1.82, 2.24) is 5.32 Å². The largest absolute Gasteiger partial charge is 0.466 e. The van der Waals surface area contributed by atoms with Gasteiger partial charge in [0.05, 0.1) is 18.6 Å². The molecule has 0 saturated carbocycles. The highest BCUT2D eigenvalue weighted by atomic mass is 35.5. The van der Waals surface area contributed by atoms with Gasteiger partial charge in [0.25, 0.3) is 0 Å². The van der Waals surface area contributed by atoms with Gasteiger partial charge in [-0.1, -0.05) is 29.8 Å². The van der Waals surface area contributed by atoms with E-state index in [1.54, 1.807) is 0 Å². The van der Waals surface area contributed by atoms with Crippen LogP contribution in [0.4, 0.5) is 0 Å². The molecule has 1 aromatic carbocycles. The Hall–Kier alpha value is -1.94. The number of esters is 1. The molecule has 1 atom stereocenters. The van der Waals surface area contributed by atoms with E-state index in [-0.39, 0.29) is 24.3 Å². The van der Waals surface area contributed by atoms with Gasteiger partial charge < -0.3 is 15.8 Å². The number of carbonyl (C=O) groups excluding carboxylic acids is 1. The van der Waals surface area contributed by atoms with E-state index in [2.05, 4.69) is 5.32 Å². The Kier molecular flexibility index (Phi) is 5.44. The fourth-order valence-electron chi connectivity index (χ4n) is 2.59. The molecule has 0 aromatic heterocycles. The van der Waals surface area contributed by atoms with Crippen molar-refractivity contribution >= 4 is 18.4 Å². The molecular weight excluding hydrogens is 288 g/mol. The average Bonchev–Trinajstić information content (AvgIpc) is 2.41. The first-order valence-corrected chi connectivity index (χ1v) is 6.54. The SMILES string of the molecule is COC(=O)C1=C(C)NC(C)=C(N)C1c1cccc(C)c1.Cl. The van der Waals surface area contributed by atoms with Crippen LogP contribution in [0.5, 0.6) is 0 Å². The Labute approximate surface area is 131 Å². The normalized spacial score (nSPS) is 18.0. The lowest BCUT2D eigenvalue weighted by Gasteiger charge is -2.29. The van der Waals surface area contributed by atoms with Crippen molar-refractivity contribution in [3.05, 3.63) is 58.1 Å². The number of allylic oxidation sites excluding steroid dienone is 3. The van der Waals surface area contributed by atoms with Crippen molar-refractivity contribution in [3.8, 4) is 0 Å². The smallest absolute Gasteiger partial charge is 0.336 e. The number of halogens is 1. The van der Waals surface area contributed by atoms with Gasteiger partial charge in [-0.05, 0) is 26.3 Å². The number of methoxy groups -OCH3 is 1. The maximum Gasteiger partial charge on any atom is 0.336 e. The van der Waals surface area contributed by atoms with E-state index in [4.69, 9.17) is 10.5 Å². The summed E-state index contributed by atoms with van der Waals surface area (Å²) in [6, 6.07) is 8.02. The van der Waals surface area contributed by atoms with Gasteiger partial charge in [0.15, 0.2) is 0 Å². The van der Waals surface area contributed by atoms with E-state index in [1.165, 1.54) is 7.11 Å². The summed E-state index contributed by atoms with van der Waals surface area (Å²) in [5, 5.41) is 3.14. The molecule has 21 heavy (non-hydrogen) atoms. The van der Waals surface area contributed by atoms with Crippen LogP contribution >= 0.6 is 12.4 Å². The van der Waals surface area contributed by atoms with Crippen molar-refractivity contribution in [2.75, 3.05) is 7.11 Å². The van der Waals surface area contributed by atoms with Gasteiger partial charge in [-0.15, -0.1) is 12.4 Å². The van der Waals surface area contributed by atoms with Crippen LogP contribution in [0.3, 0.4) is 0 Å². The van der Waals surface area contributed by atoms with Crippen LogP contribution in [0, 0.1) is 6.92 Å². The molecule has 0 fully saturated rings. The summed E-state index contributed by atoms with van der Waals surface area (Å²) in [4.78, 5) is 12.1. The second-order valence-corrected chi connectivity index (χ2v) is 5.08. The standard InChI is InChI=1S/C16H20N2O2.ClH/c1-9-6-5-7-12(8-9)14-13(16(19)20-4)10(2)18-11(3)15(14)17;/h5-8,14,18H,17H2,1-4H3;1H. The third-order valence-corrected chi connectivity index (χ3v) is 3.59. The maximum atomic E-state index is 12.1. The van der Waals surface area contributed by atoms with Gasteiger partial charge in [-0.2, -0.15) is 0 Å². The van der Waals surface area contributed by atoms with Gasteiger partial charge in [0, 0.05) is 17.1 Å². The zero-order chi connectivity index (χ0) is 14.9. The van der Waals surface area contributed by atoms with Crippen molar-refractivity contribution in [2.24, 2.45) is 5.73 Å². The molecule has 0 radical (unpaired) electrons. The molecule has 0 spiro atoms. The minimum atomic E-state index is -0.350. The fraction of sp³-hybridized carbons (Fsp3) is 0.312. The van der Waals surface area contributed by atoms with E-state index in [1.807, 2.05) is 45.0 Å². The van der Waals surface area contributed by atoms with Crippen LogP contribution in [-0.2, 0) is 9.53 Å². The van der Waals surface area contributed by atoms with E-state index >= 15 is 0 Å². The molecule has 1 aromatic rings. The Morgan fingerprint density at radius 2 is 1.90 bits per heavy atom. The maximum absolute atomic E-state index is 12.1. The van der Waals surface area contributed by atoms with Gasteiger partial charge in [0.2, 0.25) is 0 Å². The van der Waals surface area contributed by atoms with Crippen LogP contribution in [-0.4, -0.2) is 13.1 Å². The lowest BCUT2D eigenvalue weighted by Crippen LogP contribution is -2.31. The van der Waals surface area contributed by atoms with Crippen LogP contribution in [0.1, 0.15) is 30.9 Å². The number of hydrogen-bond donors (Lipinski definition) is 2. The summed E-state index contributed by atoms with van der Waals surface area (Å²) in [6.45, 7) is 5.80. The number of rotatable bonds is 2. The molecule has 0 amide bonds. The zero-order valence-corrected chi connectivity index (χ0v) is 13.5. The number of benzene rings is 1. The highest BCUT2D eigenvalue weighted by Gasteiger charge is 2.32. The molecule has 4 nitrogen and oxygen atoms in total. The third kappa shape index (κ3) is 3.22. The predicted molar refractivity (Wildman–Crippen MR) is 85.9 cm³/mol. The number of aryl methyl sites for hydroxylation is 1. The van der Waals surface area contributed by atoms with Crippen molar-refractivity contribution in [2.45, 2.75) is 26.7 Å². The van der Waals surface area contributed by atoms with Gasteiger partial charge in [0.1, 0.15) is 0 Å². The molecule has 5 heteroatoms. The molecule has 0 saturated heterocycles. The quantitative estimate of drug-likeness (QED) is 0.825. The van der Waals surface area contributed by atoms with Gasteiger partial charge in [-0.3, -0.25) is 0 Å². The molecule has 3 N–H and O–H groups in total. The Morgan fingerprint density at radius 3 is 2.48 bits per heavy atom. The van der Waals surface area contributed by atoms with E-state index < -0.39 is 0 Å². The summed E-state index contributed by atoms with van der Waals surface area (Å²) >= 11 is 0. The first-order chi connectivity index (χ1) is 9.45. The average molecular weight is 309 g/mol. The minimum Gasteiger partial charge on any atom is -0.466 e. The minimum absolute atomic E-state index is 0. The van der Waals surface area contributed by atoms with Crippen LogP contribution in [0.25, 0.3) is 0 Å². The first-order valence-electron chi connectivity index (χ1n) is 6.54. The first kappa shape index (κ1) is 17.1. The van der Waals surface area contributed by atoms with Crippen LogP contribution < -0.4 is 11.1 Å². The fourth-order valence-corrected chi connectivity index (χ4v) is 2.59. The van der Waals surface area contributed by atoms with Crippen molar-refractivity contribution in [3.63, 3.8) is 0 Å². The number of nitrogens with one attached hydrogen (secondary N) is 1. The molecule has 2 rings (SSSR count). The topological polar surface area (TPSA) is 64.3 Å². The molecule has 0 aliphatic carbocycles. The number of ether oxygens (including phenoxy) is 1. The molecule has 1 unspecified atom stereocenters. The van der Waals surface area contributed by atoms with Gasteiger partial charge in [-0.25, -0.2) is 4.79 Å². The lowest BCUT2D eigenvalue weighted by atomic mass is 9.84. The molecule has 114 valence electrons. The summed E-state index contributed by atoms with van der Waals surface area (Å²) in [7, 11) is 1.39. The second-order valence-electron chi connectivity index (χ2n) is 5.08. The van der Waals surface area contributed by atoms with E-state index in [9.17, 15) is 4.79 Å². The molecule has 1 aliphatic rings. The van der Waals surface area contributed by atoms with Crippen LogP contribution in [0.2, 0.25) is 0 Å². The van der Waals surface area contributed by atoms with E-state index in [0.29, 0.717) is 11.3 Å². The van der Waals surface area contributed by atoms with Crippen molar-refractivity contribution < 1.29 is 9.53 Å². The Bertz CT molecular complexity index is 620. The van der Waals surface area contributed by atoms with Crippen molar-refractivity contribution in [1.29, 1.82) is 0 Å². The Balaban J connectivity index is 0.00000220. The summed E-state index contributed by atoms with van der Waals surface area (Å²) in [5.41, 5.74) is 11.2. The highest BCUT2D eigenvalue weighted by Crippen LogP contribution is 2.36. The molecule has 1 heterocycles. The highest BCUT2D eigenvalue weighted by molar-refractivity contribution is 5.92. The zero-order valence-electron chi connectivity index (χ0n) is 12.7. The number of hydrogen-bond acceptors (Lipinski definition) is 4. The summed E-state index contributed by atoms with van der Waals surface area (Å²) in [5.74, 6) is -0.611. The summed E-state index contributed by atoms with van der Waals surface area (Å²) < 4.78 is 4.91. The van der Waals surface area contributed by atoms with E-state index in [0.717, 1.165) is 22.5 Å². The molecular formula is C16H21ClN2O2. The lowest BCUT2D eigenvalue weighted by molar-refractivity contribution is -0.136. The number of dihydropyridines is 1. The molecule has 0 bridgehead atoms. The van der Waals surface area contributed by atoms with Gasteiger partial charge >= 0.3 is 5.97 Å². The monoisotopic (exact) mass is 308 g/mol.